The summed E-state index contributed by atoms with van der Waals surface area (Å²) < 4.78 is 17.0. The summed E-state index contributed by atoms with van der Waals surface area (Å²) in [5.41, 5.74) is 0. The van der Waals surface area contributed by atoms with Gasteiger partial charge in [-0.15, -0.1) is 0 Å². The van der Waals surface area contributed by atoms with E-state index in [1.165, 1.54) is 6.26 Å². The first-order valence-corrected chi connectivity index (χ1v) is 3.44. The second-order valence-corrected chi connectivity index (χ2v) is 2.92. The molecule has 0 saturated heterocycles. The van der Waals surface area contributed by atoms with Crippen LogP contribution >= 0.6 is 0 Å². The molecule has 1 nitrogen and oxygen atoms in total. The fourth-order valence-electron chi connectivity index (χ4n) is 0.301. The molecule has 0 N–H and O–H groups in total. The summed E-state index contributed by atoms with van der Waals surface area (Å²) >= 11 is 0.789. The molecule has 36 valence electrons. The third kappa shape index (κ3) is 0.964. The van der Waals surface area contributed by atoms with Gasteiger partial charge in [0.15, 0.2) is 0 Å². The summed E-state index contributed by atoms with van der Waals surface area (Å²) in [6.45, 7) is 0. The van der Waals surface area contributed by atoms with E-state index in [9.17, 15) is 4.39 Å². The molecule has 0 amide bonds. The molecule has 1 rings (SSSR count). The molecule has 0 spiro atoms. The predicted molar refractivity (Wildman–Crippen MR) is 25.4 cm³/mol. The van der Waals surface area contributed by atoms with Crippen molar-refractivity contribution in [2.45, 2.75) is 0 Å². The monoisotopic (exact) mass is 206 g/mol. The average molecular weight is 205 g/mol. The van der Waals surface area contributed by atoms with E-state index in [1.54, 1.807) is 6.07 Å². The molecule has 3 heteroatoms. The number of hydrogen-bond acceptors (Lipinski definition) is 1. The standard InChI is InChI=1S/C4H2FO.Sn.H/c5-4-2-1-3-6-4;;/h1,3H;;. The second kappa shape index (κ2) is 1.86. The molecule has 2 radical (unpaired) electrons. The molecule has 1 aromatic rings. The molecule has 0 aliphatic carbocycles. The normalized spacial score (nSPS) is 9.43. The molecule has 0 aliphatic rings. The summed E-state index contributed by atoms with van der Waals surface area (Å²) in [4.78, 5) is 0. The fraction of sp³-hybridized carbons (Fsp3) is 0. The van der Waals surface area contributed by atoms with Crippen molar-refractivity contribution < 1.29 is 8.81 Å². The third-order valence-corrected chi connectivity index (χ3v) is 1.84. The first kappa shape index (κ1) is 5.15. The van der Waals surface area contributed by atoms with Crippen LogP contribution in [-0.4, -0.2) is 22.5 Å². The molecule has 0 bridgehead atoms. The van der Waals surface area contributed by atoms with Gasteiger partial charge in [-0.1, -0.05) is 0 Å². The van der Waals surface area contributed by atoms with E-state index < -0.39 is 6.01 Å². The van der Waals surface area contributed by atoms with Crippen molar-refractivity contribution in [1.82, 2.24) is 0 Å². The van der Waals surface area contributed by atoms with Gasteiger partial charge in [-0.2, -0.15) is 0 Å². The maximum atomic E-state index is 11.9. The SMILES string of the molecule is Fc1occ[c]1[SnH]. The topological polar surface area (TPSA) is 13.1 Å². The van der Waals surface area contributed by atoms with Crippen LogP contribution in [0.3, 0.4) is 0 Å². The molecule has 0 saturated carbocycles. The van der Waals surface area contributed by atoms with Gasteiger partial charge in [0, 0.05) is 0 Å². The van der Waals surface area contributed by atoms with Crippen molar-refractivity contribution in [2.24, 2.45) is 0 Å². The van der Waals surface area contributed by atoms with Gasteiger partial charge >= 0.3 is 53.3 Å². The Kier molecular flexibility index (Phi) is 1.37. The van der Waals surface area contributed by atoms with E-state index in [1.807, 2.05) is 0 Å². The molecule has 1 aromatic heterocycles. The van der Waals surface area contributed by atoms with Crippen LogP contribution in [-0.2, 0) is 0 Å². The summed E-state index contributed by atoms with van der Waals surface area (Å²) in [5.74, 6) is 0. The Labute approximate surface area is 53.6 Å². The zero-order valence-corrected chi connectivity index (χ0v) is 6.81. The van der Waals surface area contributed by atoms with Crippen molar-refractivity contribution in [3.8, 4) is 0 Å². The van der Waals surface area contributed by atoms with Gasteiger partial charge in [-0.3, -0.25) is 0 Å². The molecule has 0 aliphatic heterocycles. The van der Waals surface area contributed by atoms with E-state index in [2.05, 4.69) is 4.42 Å². The van der Waals surface area contributed by atoms with Crippen LogP contribution in [0.1, 0.15) is 0 Å². The van der Waals surface area contributed by atoms with E-state index in [0.29, 0.717) is 3.58 Å². The Bertz CT molecular complexity index is 144. The molecule has 7 heavy (non-hydrogen) atoms. The Morgan fingerprint density at radius 2 is 2.43 bits per heavy atom. The second-order valence-electron chi connectivity index (χ2n) is 1.15. The van der Waals surface area contributed by atoms with Crippen LogP contribution in [0.4, 0.5) is 4.39 Å². The summed E-state index contributed by atoms with van der Waals surface area (Å²) in [6, 6.07) is 1.21. The summed E-state index contributed by atoms with van der Waals surface area (Å²) in [6.07, 6.45) is 1.36. The van der Waals surface area contributed by atoms with Crippen LogP contribution in [0, 0.1) is 6.01 Å². The zero-order valence-electron chi connectivity index (χ0n) is 3.52. The summed E-state index contributed by atoms with van der Waals surface area (Å²) in [7, 11) is 0. The van der Waals surface area contributed by atoms with Gasteiger partial charge in [0.1, 0.15) is 0 Å². The minimum absolute atomic E-state index is 0.428. The van der Waals surface area contributed by atoms with Crippen molar-refractivity contribution in [1.29, 1.82) is 0 Å². The molecule has 0 unspecified atom stereocenters. The first-order valence-electron chi connectivity index (χ1n) is 1.79. The van der Waals surface area contributed by atoms with Crippen LogP contribution in [0.5, 0.6) is 0 Å². The van der Waals surface area contributed by atoms with Crippen LogP contribution in [0.2, 0.25) is 0 Å². The molecule has 0 atom stereocenters. The van der Waals surface area contributed by atoms with Crippen molar-refractivity contribution in [2.75, 3.05) is 0 Å². The van der Waals surface area contributed by atoms with E-state index in [0.717, 1.165) is 22.5 Å². The summed E-state index contributed by atoms with van der Waals surface area (Å²) in [5, 5.41) is 0. The fourth-order valence-corrected chi connectivity index (χ4v) is 0.719. The van der Waals surface area contributed by atoms with E-state index in [-0.39, 0.29) is 0 Å². The average Bonchev–Trinajstić information content (AvgIpc) is 1.91. The van der Waals surface area contributed by atoms with Crippen molar-refractivity contribution >= 4 is 26.1 Å². The number of rotatable bonds is 0. The van der Waals surface area contributed by atoms with Gasteiger partial charge in [-0.05, 0) is 0 Å². The zero-order chi connectivity index (χ0) is 5.28. The van der Waals surface area contributed by atoms with Gasteiger partial charge in [0.25, 0.3) is 0 Å². The Hall–Kier alpha value is 0.00870. The Morgan fingerprint density at radius 1 is 1.71 bits per heavy atom. The molecule has 1 heterocycles. The van der Waals surface area contributed by atoms with Crippen molar-refractivity contribution in [3.63, 3.8) is 0 Å². The van der Waals surface area contributed by atoms with E-state index >= 15 is 0 Å². The van der Waals surface area contributed by atoms with Crippen LogP contribution in [0.15, 0.2) is 16.7 Å². The van der Waals surface area contributed by atoms with Crippen molar-refractivity contribution in [3.05, 3.63) is 18.3 Å². The van der Waals surface area contributed by atoms with Gasteiger partial charge in [0.2, 0.25) is 0 Å². The predicted octanol–water partition coefficient (Wildman–Crippen LogP) is -0.0552. The quantitative estimate of drug-likeness (QED) is 0.540. The van der Waals surface area contributed by atoms with Crippen LogP contribution < -0.4 is 3.58 Å². The molecular weight excluding hydrogens is 202 g/mol. The van der Waals surface area contributed by atoms with E-state index in [4.69, 9.17) is 0 Å². The van der Waals surface area contributed by atoms with Crippen LogP contribution in [0.25, 0.3) is 0 Å². The van der Waals surface area contributed by atoms with Gasteiger partial charge in [0.05, 0.1) is 0 Å². The van der Waals surface area contributed by atoms with Gasteiger partial charge in [-0.25, -0.2) is 0 Å². The first-order chi connectivity index (χ1) is 3.30. The molecule has 0 aromatic carbocycles. The molecule has 0 fully saturated rings. The number of halogens is 1. The Morgan fingerprint density at radius 3 is 2.57 bits per heavy atom. The number of hydrogen-bond donors (Lipinski definition) is 0. The number of furan rings is 1. The molecular formula is C4H3FOSn. The van der Waals surface area contributed by atoms with Gasteiger partial charge < -0.3 is 0 Å². The maximum absolute atomic E-state index is 11.9. The third-order valence-electron chi connectivity index (χ3n) is 0.646. The minimum atomic E-state index is -0.428. The Balaban J connectivity index is 3.12.